The number of nitrogens with zero attached hydrogens (tertiary/aromatic N) is 1. The van der Waals surface area contributed by atoms with Gasteiger partial charge in [-0.05, 0) is 12.8 Å². The average molecular weight is 244 g/mol. The Morgan fingerprint density at radius 2 is 2.00 bits per heavy atom. The molecule has 1 aliphatic heterocycles. The van der Waals surface area contributed by atoms with Crippen molar-refractivity contribution in [2.45, 2.75) is 12.8 Å². The predicted molar refractivity (Wildman–Crippen MR) is 58.7 cm³/mol. The van der Waals surface area contributed by atoms with Crippen LogP contribution in [0.1, 0.15) is 12.8 Å². The van der Waals surface area contributed by atoms with Crippen LogP contribution in [0.2, 0.25) is 0 Å². The van der Waals surface area contributed by atoms with Gasteiger partial charge in [-0.2, -0.15) is 0 Å². The molecule has 16 heavy (non-hydrogen) atoms. The molecule has 0 unspecified atom stereocenters. The number of carbonyl (C=O) groups is 2. The van der Waals surface area contributed by atoms with E-state index in [4.69, 9.17) is 11.1 Å². The third-order valence-electron chi connectivity index (χ3n) is 2.53. The molecule has 0 spiro atoms. The molecule has 90 valence electrons. The Morgan fingerprint density at radius 3 is 2.44 bits per heavy atom. The van der Waals surface area contributed by atoms with Gasteiger partial charge in [0.2, 0.25) is 5.91 Å². The molecule has 1 heterocycles. The third-order valence-corrected chi connectivity index (χ3v) is 3.23. The zero-order chi connectivity index (χ0) is 12.1. The van der Waals surface area contributed by atoms with Gasteiger partial charge in [0.25, 0.3) is 0 Å². The van der Waals surface area contributed by atoms with Gasteiger partial charge in [-0.15, -0.1) is 0 Å². The van der Waals surface area contributed by atoms with Gasteiger partial charge in [0.1, 0.15) is 0 Å². The van der Waals surface area contributed by atoms with Gasteiger partial charge in [0.05, 0.1) is 5.75 Å². The highest BCUT2D eigenvalue weighted by molar-refractivity contribution is 8.14. The maximum Gasteiger partial charge on any atom is 0.233 e. The second-order valence-electron chi connectivity index (χ2n) is 3.63. The fourth-order valence-electron chi connectivity index (χ4n) is 1.60. The number of hydrogen-bond acceptors (Lipinski definition) is 5. The largest absolute Gasteiger partial charge is 0.550 e. The first kappa shape index (κ1) is 12.8. The molecule has 1 aliphatic rings. The van der Waals surface area contributed by atoms with Crippen LogP contribution in [-0.4, -0.2) is 40.8 Å². The minimum atomic E-state index is -1.04. The Kier molecular flexibility index (Phi) is 4.60. The minimum absolute atomic E-state index is 0.0852. The van der Waals surface area contributed by atoms with Gasteiger partial charge in [-0.3, -0.25) is 10.2 Å². The molecule has 1 saturated heterocycles. The van der Waals surface area contributed by atoms with E-state index in [2.05, 4.69) is 0 Å². The summed E-state index contributed by atoms with van der Waals surface area (Å²) in [6, 6.07) is 0. The average Bonchev–Trinajstić information content (AvgIpc) is 2.26. The van der Waals surface area contributed by atoms with Crippen molar-refractivity contribution in [2.75, 3.05) is 18.8 Å². The SMILES string of the molecule is N=C(N)SCC(=O)N1CCC(C(=O)[O-])CC1. The number of carboxylic acids is 1. The zero-order valence-electron chi connectivity index (χ0n) is 8.77. The lowest BCUT2D eigenvalue weighted by atomic mass is 9.97. The van der Waals surface area contributed by atoms with Crippen LogP contribution in [0, 0.1) is 11.3 Å². The lowest BCUT2D eigenvalue weighted by Gasteiger charge is -2.32. The molecule has 0 aromatic carbocycles. The number of likely N-dealkylation sites (tertiary alicyclic amines) is 1. The number of amidine groups is 1. The van der Waals surface area contributed by atoms with Crippen molar-refractivity contribution in [1.29, 1.82) is 5.41 Å². The highest BCUT2D eigenvalue weighted by Crippen LogP contribution is 2.17. The summed E-state index contributed by atoms with van der Waals surface area (Å²) in [5.74, 6) is -1.43. The predicted octanol–water partition coefficient (Wildman–Crippen LogP) is -1.40. The van der Waals surface area contributed by atoms with E-state index in [1.165, 1.54) is 0 Å². The first-order chi connectivity index (χ1) is 7.50. The molecule has 1 fully saturated rings. The number of rotatable bonds is 3. The van der Waals surface area contributed by atoms with Crippen LogP contribution in [0.5, 0.6) is 0 Å². The Balaban J connectivity index is 2.33. The minimum Gasteiger partial charge on any atom is -0.550 e. The fourth-order valence-corrected chi connectivity index (χ4v) is 2.06. The van der Waals surface area contributed by atoms with Crippen molar-refractivity contribution in [1.82, 2.24) is 4.90 Å². The number of nitrogens with one attached hydrogen (secondary N) is 1. The van der Waals surface area contributed by atoms with Gasteiger partial charge < -0.3 is 20.5 Å². The number of nitrogens with two attached hydrogens (primary N) is 1. The summed E-state index contributed by atoms with van der Waals surface area (Å²) in [6.45, 7) is 0.881. The van der Waals surface area contributed by atoms with Crippen LogP contribution in [0.15, 0.2) is 0 Å². The van der Waals surface area contributed by atoms with Gasteiger partial charge in [0.15, 0.2) is 5.17 Å². The van der Waals surface area contributed by atoms with E-state index < -0.39 is 11.9 Å². The molecule has 7 heteroatoms. The Labute approximate surface area is 97.7 Å². The summed E-state index contributed by atoms with van der Waals surface area (Å²) >= 11 is 0.981. The van der Waals surface area contributed by atoms with Crippen molar-refractivity contribution in [2.24, 2.45) is 11.7 Å². The van der Waals surface area contributed by atoms with Crippen molar-refractivity contribution in [3.05, 3.63) is 0 Å². The monoisotopic (exact) mass is 244 g/mol. The Bertz CT molecular complexity index is 300. The van der Waals surface area contributed by atoms with E-state index in [1.807, 2.05) is 0 Å². The van der Waals surface area contributed by atoms with E-state index in [-0.39, 0.29) is 16.8 Å². The van der Waals surface area contributed by atoms with Crippen molar-refractivity contribution in [3.63, 3.8) is 0 Å². The smallest absolute Gasteiger partial charge is 0.233 e. The molecular weight excluding hydrogens is 230 g/mol. The van der Waals surface area contributed by atoms with Crippen LogP contribution in [0.4, 0.5) is 0 Å². The highest BCUT2D eigenvalue weighted by atomic mass is 32.2. The zero-order valence-corrected chi connectivity index (χ0v) is 9.59. The number of piperidine rings is 1. The molecule has 0 aromatic heterocycles. The Hall–Kier alpha value is -1.24. The topological polar surface area (TPSA) is 110 Å². The molecule has 1 rings (SSSR count). The molecule has 0 aromatic rings. The maximum absolute atomic E-state index is 11.6. The standard InChI is InChI=1S/C9H15N3O3S/c10-9(11)16-5-7(13)12-3-1-6(2-4-12)8(14)15/h6H,1-5H2,(H3,10,11)(H,14,15)/p-1. The number of carboxylic acid groups (broad SMARTS) is 1. The van der Waals surface area contributed by atoms with Crippen molar-refractivity contribution in [3.8, 4) is 0 Å². The number of amides is 1. The lowest BCUT2D eigenvalue weighted by molar-refractivity contribution is -0.312. The van der Waals surface area contributed by atoms with Crippen LogP contribution in [0.25, 0.3) is 0 Å². The van der Waals surface area contributed by atoms with E-state index in [0.29, 0.717) is 25.9 Å². The van der Waals surface area contributed by atoms with Gasteiger partial charge in [-0.1, -0.05) is 11.8 Å². The van der Waals surface area contributed by atoms with E-state index in [0.717, 1.165) is 11.8 Å². The molecule has 1 amide bonds. The normalized spacial score (nSPS) is 17.1. The highest BCUT2D eigenvalue weighted by Gasteiger charge is 2.23. The molecular formula is C9H14N3O3S-. The second kappa shape index (κ2) is 5.74. The first-order valence-corrected chi connectivity index (χ1v) is 5.94. The number of thioether (sulfide) groups is 1. The van der Waals surface area contributed by atoms with Crippen LogP contribution in [-0.2, 0) is 9.59 Å². The second-order valence-corrected chi connectivity index (χ2v) is 4.64. The van der Waals surface area contributed by atoms with Crippen molar-refractivity contribution < 1.29 is 14.7 Å². The summed E-state index contributed by atoms with van der Waals surface area (Å²) in [6.07, 6.45) is 0.887. The molecule has 3 N–H and O–H groups in total. The summed E-state index contributed by atoms with van der Waals surface area (Å²) in [5, 5.41) is 17.5. The summed E-state index contributed by atoms with van der Waals surface area (Å²) in [5.41, 5.74) is 5.12. The number of hydrogen-bond donors (Lipinski definition) is 2. The lowest BCUT2D eigenvalue weighted by Crippen LogP contribution is -2.44. The van der Waals surface area contributed by atoms with E-state index >= 15 is 0 Å². The molecule has 0 bridgehead atoms. The first-order valence-electron chi connectivity index (χ1n) is 4.96. The number of carbonyl (C=O) groups excluding carboxylic acids is 2. The summed E-state index contributed by atoms with van der Waals surface area (Å²) in [7, 11) is 0. The van der Waals surface area contributed by atoms with Crippen LogP contribution < -0.4 is 10.8 Å². The number of aliphatic carboxylic acids is 1. The fraction of sp³-hybridized carbons (Fsp3) is 0.667. The summed E-state index contributed by atoms with van der Waals surface area (Å²) in [4.78, 5) is 23.8. The molecule has 0 atom stereocenters. The summed E-state index contributed by atoms with van der Waals surface area (Å²) < 4.78 is 0. The quantitative estimate of drug-likeness (QED) is 0.468. The molecule has 0 saturated carbocycles. The molecule has 0 aliphatic carbocycles. The van der Waals surface area contributed by atoms with Crippen LogP contribution >= 0.6 is 11.8 Å². The van der Waals surface area contributed by atoms with E-state index in [9.17, 15) is 14.7 Å². The van der Waals surface area contributed by atoms with Gasteiger partial charge in [-0.25, -0.2) is 0 Å². The molecule has 6 nitrogen and oxygen atoms in total. The maximum atomic E-state index is 11.6. The third kappa shape index (κ3) is 3.73. The molecule has 0 radical (unpaired) electrons. The van der Waals surface area contributed by atoms with Crippen LogP contribution in [0.3, 0.4) is 0 Å². The van der Waals surface area contributed by atoms with E-state index in [1.54, 1.807) is 4.90 Å². The van der Waals surface area contributed by atoms with Gasteiger partial charge >= 0.3 is 0 Å². The van der Waals surface area contributed by atoms with Gasteiger partial charge in [0, 0.05) is 25.0 Å². The Morgan fingerprint density at radius 1 is 1.44 bits per heavy atom. The van der Waals surface area contributed by atoms with Crippen molar-refractivity contribution >= 4 is 28.8 Å².